The van der Waals surface area contributed by atoms with Gasteiger partial charge < -0.3 is 4.74 Å². The summed E-state index contributed by atoms with van der Waals surface area (Å²) in [4.78, 5) is 46.8. The molecule has 0 spiro atoms. The van der Waals surface area contributed by atoms with Crippen LogP contribution in [0.3, 0.4) is 0 Å². The van der Waals surface area contributed by atoms with Gasteiger partial charge in [-0.2, -0.15) is 0 Å². The van der Waals surface area contributed by atoms with Gasteiger partial charge in [0.1, 0.15) is 6.61 Å². The lowest BCUT2D eigenvalue weighted by atomic mass is 10.1. The Hall–Kier alpha value is -2.76. The van der Waals surface area contributed by atoms with Gasteiger partial charge in [-0.15, -0.1) is 0 Å². The van der Waals surface area contributed by atoms with Gasteiger partial charge in [-0.1, -0.05) is 12.1 Å². The minimum absolute atomic E-state index is 0.0930. The molecule has 0 unspecified atom stereocenters. The van der Waals surface area contributed by atoms with E-state index in [-0.39, 0.29) is 17.7 Å². The van der Waals surface area contributed by atoms with Gasteiger partial charge in [0.15, 0.2) is 0 Å². The summed E-state index contributed by atoms with van der Waals surface area (Å²) in [6.07, 6.45) is 2.30. The first-order chi connectivity index (χ1) is 9.52. The first kappa shape index (κ1) is 13.7. The minimum Gasteiger partial charge on any atom is -0.462 e. The number of ether oxygens (including phenoxy) is 1. The Kier molecular flexibility index (Phi) is 3.74. The second-order valence-electron chi connectivity index (χ2n) is 4.03. The fourth-order valence-electron chi connectivity index (χ4n) is 1.78. The fraction of sp³-hybridized carbons (Fsp3) is 0.143. The summed E-state index contributed by atoms with van der Waals surface area (Å²) in [7, 11) is 0. The van der Waals surface area contributed by atoms with Gasteiger partial charge in [0, 0.05) is 13.0 Å². The molecule has 0 saturated heterocycles. The number of rotatable bonds is 3. The maximum Gasteiger partial charge on any atom is 0.302 e. The van der Waals surface area contributed by atoms with Crippen LogP contribution in [-0.4, -0.2) is 35.2 Å². The second kappa shape index (κ2) is 5.48. The topological polar surface area (TPSA) is 80.8 Å². The van der Waals surface area contributed by atoms with Crippen molar-refractivity contribution in [2.45, 2.75) is 6.92 Å². The molecule has 102 valence electrons. The summed E-state index contributed by atoms with van der Waals surface area (Å²) in [5, 5.41) is 0. The SMILES string of the molecule is CC(=O)OC/C=C/C(=O)N1C(=O)c2ccccc2C1=O. The van der Waals surface area contributed by atoms with E-state index in [1.807, 2.05) is 0 Å². The van der Waals surface area contributed by atoms with Gasteiger partial charge in [0.05, 0.1) is 11.1 Å². The van der Waals surface area contributed by atoms with Crippen molar-refractivity contribution >= 4 is 23.7 Å². The maximum atomic E-state index is 12.0. The van der Waals surface area contributed by atoms with Crippen LogP contribution in [0.25, 0.3) is 0 Å². The van der Waals surface area contributed by atoms with Crippen LogP contribution in [-0.2, 0) is 14.3 Å². The molecular weight excluding hydrogens is 262 g/mol. The molecule has 20 heavy (non-hydrogen) atoms. The molecule has 1 aliphatic heterocycles. The average Bonchev–Trinajstić information content (AvgIpc) is 2.67. The summed E-state index contributed by atoms with van der Waals surface area (Å²) >= 11 is 0. The Balaban J connectivity index is 2.11. The number of carbonyl (C=O) groups is 4. The van der Waals surface area contributed by atoms with E-state index in [2.05, 4.69) is 4.74 Å². The molecule has 6 heteroatoms. The zero-order chi connectivity index (χ0) is 14.7. The molecule has 0 saturated carbocycles. The van der Waals surface area contributed by atoms with Crippen LogP contribution in [0.1, 0.15) is 27.6 Å². The molecule has 0 radical (unpaired) electrons. The van der Waals surface area contributed by atoms with E-state index >= 15 is 0 Å². The summed E-state index contributed by atoms with van der Waals surface area (Å²) in [6, 6.07) is 6.22. The molecule has 1 aromatic rings. The van der Waals surface area contributed by atoms with Gasteiger partial charge in [-0.05, 0) is 18.2 Å². The molecule has 3 amide bonds. The van der Waals surface area contributed by atoms with Gasteiger partial charge >= 0.3 is 5.97 Å². The van der Waals surface area contributed by atoms with E-state index in [9.17, 15) is 19.2 Å². The number of amides is 3. The van der Waals surface area contributed by atoms with Crippen LogP contribution >= 0.6 is 0 Å². The standard InChI is InChI=1S/C14H11NO5/c1-9(16)20-8-4-7-12(17)15-13(18)10-5-2-3-6-11(10)14(15)19/h2-7H,8H2,1H3/b7-4+. The Morgan fingerprint density at radius 2 is 1.70 bits per heavy atom. The van der Waals surface area contributed by atoms with E-state index in [1.54, 1.807) is 12.1 Å². The van der Waals surface area contributed by atoms with Crippen molar-refractivity contribution < 1.29 is 23.9 Å². The van der Waals surface area contributed by atoms with Gasteiger partial charge in [-0.25, -0.2) is 4.90 Å². The summed E-state index contributed by atoms with van der Waals surface area (Å²) in [5.41, 5.74) is 0.415. The predicted octanol–water partition coefficient (Wildman–Crippen LogP) is 0.929. The lowest BCUT2D eigenvalue weighted by Crippen LogP contribution is -2.34. The first-order valence-corrected chi connectivity index (χ1v) is 5.84. The second-order valence-corrected chi connectivity index (χ2v) is 4.03. The summed E-state index contributed by atoms with van der Waals surface area (Å²) in [5.74, 6) is -2.54. The third kappa shape index (κ3) is 2.49. The van der Waals surface area contributed by atoms with E-state index in [1.165, 1.54) is 25.1 Å². The normalized spacial score (nSPS) is 13.8. The first-order valence-electron chi connectivity index (χ1n) is 5.84. The molecule has 0 aliphatic carbocycles. The number of carbonyl (C=O) groups excluding carboxylic acids is 4. The van der Waals surface area contributed by atoms with Crippen LogP contribution in [0.2, 0.25) is 0 Å². The van der Waals surface area contributed by atoms with Crippen LogP contribution in [0, 0.1) is 0 Å². The molecule has 0 fully saturated rings. The number of benzene rings is 1. The lowest BCUT2D eigenvalue weighted by Gasteiger charge is -2.08. The summed E-state index contributed by atoms with van der Waals surface area (Å²) < 4.78 is 4.60. The number of esters is 1. The highest BCUT2D eigenvalue weighted by Crippen LogP contribution is 2.22. The van der Waals surface area contributed by atoms with Crippen molar-refractivity contribution in [2.75, 3.05) is 6.61 Å². The van der Waals surface area contributed by atoms with Gasteiger partial charge in [-0.3, -0.25) is 19.2 Å². The van der Waals surface area contributed by atoms with E-state index in [0.29, 0.717) is 4.90 Å². The Labute approximate surface area is 114 Å². The molecule has 0 bridgehead atoms. The van der Waals surface area contributed by atoms with Crippen molar-refractivity contribution in [1.82, 2.24) is 4.90 Å². The molecule has 0 aromatic heterocycles. The Morgan fingerprint density at radius 1 is 1.15 bits per heavy atom. The van der Waals surface area contributed by atoms with Gasteiger partial charge in [0.25, 0.3) is 17.7 Å². The maximum absolute atomic E-state index is 12.0. The summed E-state index contributed by atoms with van der Waals surface area (Å²) in [6.45, 7) is 1.14. The number of fused-ring (bicyclic) bond motifs is 1. The average molecular weight is 273 g/mol. The fourth-order valence-corrected chi connectivity index (χ4v) is 1.78. The van der Waals surface area contributed by atoms with Crippen molar-refractivity contribution in [3.8, 4) is 0 Å². The molecule has 6 nitrogen and oxygen atoms in total. The molecule has 1 aromatic carbocycles. The molecule has 2 rings (SSSR count). The Morgan fingerprint density at radius 3 is 2.20 bits per heavy atom. The highest BCUT2D eigenvalue weighted by molar-refractivity contribution is 6.30. The molecular formula is C14H11NO5. The van der Waals surface area contributed by atoms with Crippen molar-refractivity contribution in [2.24, 2.45) is 0 Å². The van der Waals surface area contributed by atoms with Crippen LogP contribution in [0.5, 0.6) is 0 Å². The van der Waals surface area contributed by atoms with Crippen LogP contribution < -0.4 is 0 Å². The van der Waals surface area contributed by atoms with E-state index in [4.69, 9.17) is 0 Å². The highest BCUT2D eigenvalue weighted by Gasteiger charge is 2.38. The monoisotopic (exact) mass is 273 g/mol. The van der Waals surface area contributed by atoms with E-state index in [0.717, 1.165) is 6.08 Å². The minimum atomic E-state index is -0.761. The highest BCUT2D eigenvalue weighted by atomic mass is 16.5. The number of nitrogens with zero attached hydrogens (tertiary/aromatic N) is 1. The van der Waals surface area contributed by atoms with Crippen LogP contribution in [0.4, 0.5) is 0 Å². The molecule has 1 heterocycles. The molecule has 0 N–H and O–H groups in total. The Bertz CT molecular complexity index is 597. The molecule has 0 atom stereocenters. The number of hydrogen-bond donors (Lipinski definition) is 0. The third-order valence-electron chi connectivity index (χ3n) is 2.66. The number of hydrogen-bond acceptors (Lipinski definition) is 5. The molecule has 1 aliphatic rings. The largest absolute Gasteiger partial charge is 0.462 e. The quantitative estimate of drug-likeness (QED) is 0.465. The zero-order valence-corrected chi connectivity index (χ0v) is 10.7. The number of imide groups is 3. The zero-order valence-electron chi connectivity index (χ0n) is 10.7. The van der Waals surface area contributed by atoms with Crippen molar-refractivity contribution in [1.29, 1.82) is 0 Å². The van der Waals surface area contributed by atoms with Gasteiger partial charge in [0.2, 0.25) is 0 Å². The predicted molar refractivity (Wildman–Crippen MR) is 67.7 cm³/mol. The van der Waals surface area contributed by atoms with Crippen molar-refractivity contribution in [3.05, 3.63) is 47.5 Å². The third-order valence-corrected chi connectivity index (χ3v) is 2.66. The smallest absolute Gasteiger partial charge is 0.302 e. The van der Waals surface area contributed by atoms with Crippen LogP contribution in [0.15, 0.2) is 36.4 Å². The van der Waals surface area contributed by atoms with E-state index < -0.39 is 23.7 Å². The van der Waals surface area contributed by atoms with Crippen molar-refractivity contribution in [3.63, 3.8) is 0 Å². The lowest BCUT2D eigenvalue weighted by molar-refractivity contribution is -0.139.